The maximum atomic E-state index is 13.2. The Hall–Kier alpha value is -2.84. The summed E-state index contributed by atoms with van der Waals surface area (Å²) in [7, 11) is 0. The fraction of sp³-hybridized carbons (Fsp3) is 0.357. The van der Waals surface area contributed by atoms with Crippen molar-refractivity contribution in [2.24, 2.45) is 0 Å². The first kappa shape index (κ1) is 27.7. The molecule has 6 nitrogen and oxygen atoms in total. The van der Waals surface area contributed by atoms with Crippen LogP contribution in [0.15, 0.2) is 60.7 Å². The van der Waals surface area contributed by atoms with Gasteiger partial charge in [0.25, 0.3) is 0 Å². The molecule has 3 aromatic rings. The molecule has 0 radical (unpaired) electrons. The van der Waals surface area contributed by atoms with Gasteiger partial charge >= 0.3 is 0 Å². The number of nitrogens with zero attached hydrogens (tertiary/aromatic N) is 2. The summed E-state index contributed by atoms with van der Waals surface area (Å²) in [4.78, 5) is 35.7. The molecule has 0 amide bonds. The third kappa shape index (κ3) is 8.68. The lowest BCUT2D eigenvalue weighted by Crippen LogP contribution is -2.17. The molecule has 0 spiro atoms. The first-order valence-corrected chi connectivity index (χ1v) is 14.4. The largest absolute Gasteiger partial charge is 0.364 e. The van der Waals surface area contributed by atoms with Gasteiger partial charge in [-0.15, -0.1) is 0 Å². The monoisotopic (exact) mass is 522 g/mol. The summed E-state index contributed by atoms with van der Waals surface area (Å²) in [6.07, 6.45) is 3.91. The molecule has 2 N–H and O–H groups in total. The van der Waals surface area contributed by atoms with Gasteiger partial charge in [0.15, 0.2) is 23.0 Å². The van der Waals surface area contributed by atoms with Crippen molar-refractivity contribution in [3.8, 4) is 0 Å². The fourth-order valence-corrected chi connectivity index (χ4v) is 5.08. The summed E-state index contributed by atoms with van der Waals surface area (Å²) in [5.74, 6) is 2.13. The second-order valence-electron chi connectivity index (χ2n) is 8.28. The smallest absolute Gasteiger partial charge is 0.241 e. The minimum atomic E-state index is -0.146. The number of hydrogen-bond acceptors (Lipinski definition) is 8. The van der Waals surface area contributed by atoms with E-state index in [0.29, 0.717) is 24.7 Å². The molecule has 0 bridgehead atoms. The zero-order valence-corrected chi connectivity index (χ0v) is 22.6. The van der Waals surface area contributed by atoms with Crippen LogP contribution in [-0.2, 0) is 13.1 Å². The molecule has 36 heavy (non-hydrogen) atoms. The van der Waals surface area contributed by atoms with E-state index in [-0.39, 0.29) is 21.6 Å². The topological polar surface area (TPSA) is 84.0 Å². The highest BCUT2D eigenvalue weighted by molar-refractivity contribution is 8.14. The van der Waals surface area contributed by atoms with E-state index in [1.807, 2.05) is 60.7 Å². The van der Waals surface area contributed by atoms with E-state index in [9.17, 15) is 9.59 Å². The van der Waals surface area contributed by atoms with Gasteiger partial charge in [0.05, 0.1) is 0 Å². The van der Waals surface area contributed by atoms with Gasteiger partial charge in [0.2, 0.25) is 10.2 Å². The molecule has 0 saturated heterocycles. The average molecular weight is 523 g/mol. The highest BCUT2D eigenvalue weighted by atomic mass is 32.2. The maximum absolute atomic E-state index is 13.2. The summed E-state index contributed by atoms with van der Waals surface area (Å²) < 4.78 is 0. The van der Waals surface area contributed by atoms with Crippen LogP contribution in [0.5, 0.6) is 0 Å². The first-order chi connectivity index (χ1) is 17.6. The Bertz CT molecular complexity index is 1020. The molecule has 0 aliphatic rings. The average Bonchev–Trinajstić information content (AvgIpc) is 2.92. The van der Waals surface area contributed by atoms with Crippen LogP contribution in [0.1, 0.15) is 71.6 Å². The minimum Gasteiger partial charge on any atom is -0.364 e. The van der Waals surface area contributed by atoms with Crippen molar-refractivity contribution < 1.29 is 9.59 Å². The highest BCUT2D eigenvalue weighted by Gasteiger charge is 2.23. The van der Waals surface area contributed by atoms with Gasteiger partial charge in [0.1, 0.15) is 0 Å². The number of thioether (sulfide) groups is 2. The van der Waals surface area contributed by atoms with Gasteiger partial charge in [-0.05, 0) is 24.0 Å². The third-order valence-electron chi connectivity index (χ3n) is 5.35. The minimum absolute atomic E-state index is 0.146. The lowest BCUT2D eigenvalue weighted by atomic mass is 10.2. The second kappa shape index (κ2) is 15.3. The van der Waals surface area contributed by atoms with Gasteiger partial charge in [-0.1, -0.05) is 111 Å². The van der Waals surface area contributed by atoms with Crippen LogP contribution in [0.4, 0.5) is 11.6 Å². The molecule has 0 unspecified atom stereocenters. The zero-order chi connectivity index (χ0) is 25.6. The zero-order valence-electron chi connectivity index (χ0n) is 21.0. The lowest BCUT2D eigenvalue weighted by molar-refractivity contribution is 0.107. The Morgan fingerprint density at radius 1 is 0.667 bits per heavy atom. The summed E-state index contributed by atoms with van der Waals surface area (Å²) in [6, 6.07) is 19.8. The number of carbonyl (C=O) groups is 2. The summed E-state index contributed by atoms with van der Waals surface area (Å²) in [6.45, 7) is 5.14. The van der Waals surface area contributed by atoms with Crippen LogP contribution < -0.4 is 10.6 Å². The van der Waals surface area contributed by atoms with E-state index < -0.39 is 0 Å². The van der Waals surface area contributed by atoms with E-state index in [4.69, 9.17) is 0 Å². The van der Waals surface area contributed by atoms with Crippen molar-refractivity contribution in [3.05, 3.63) is 83.2 Å². The van der Waals surface area contributed by atoms with Gasteiger partial charge in [0, 0.05) is 24.6 Å². The highest BCUT2D eigenvalue weighted by Crippen LogP contribution is 2.27. The van der Waals surface area contributed by atoms with E-state index in [0.717, 1.165) is 48.3 Å². The standard InChI is InChI=1S/C28H34N4O2S2/c1-3-5-17-35-27(33)23-25(29-19-21-13-9-7-10-14-21)32-24(28(34)36-18-6-4-2)26(31-23)30-20-22-15-11-8-12-16-22/h7-16H,3-6,17-20H2,1-2H3,(H,30,31)(H,29,32). The molecule has 0 aliphatic heterocycles. The predicted octanol–water partition coefficient (Wildman–Crippen LogP) is 7.05. The Morgan fingerprint density at radius 3 is 1.42 bits per heavy atom. The van der Waals surface area contributed by atoms with Crippen LogP contribution in [0.25, 0.3) is 0 Å². The Labute approximate surface area is 222 Å². The molecule has 2 aromatic carbocycles. The van der Waals surface area contributed by atoms with E-state index >= 15 is 0 Å². The number of anilines is 2. The number of carbonyl (C=O) groups excluding carboxylic acids is 2. The maximum Gasteiger partial charge on any atom is 0.241 e. The van der Waals surface area contributed by atoms with Crippen molar-refractivity contribution in [2.45, 2.75) is 52.6 Å². The number of rotatable bonds is 14. The van der Waals surface area contributed by atoms with E-state index in [2.05, 4.69) is 34.4 Å². The summed E-state index contributed by atoms with van der Waals surface area (Å²) >= 11 is 2.49. The van der Waals surface area contributed by atoms with Crippen molar-refractivity contribution in [2.75, 3.05) is 22.1 Å². The lowest BCUT2D eigenvalue weighted by Gasteiger charge is -2.16. The van der Waals surface area contributed by atoms with Gasteiger partial charge in [-0.25, -0.2) is 9.97 Å². The van der Waals surface area contributed by atoms with E-state index in [1.54, 1.807) is 0 Å². The molecule has 8 heteroatoms. The molecule has 0 fully saturated rings. The SMILES string of the molecule is CCCCSC(=O)c1nc(NCc2ccccc2)c(C(=O)SCCCC)nc1NCc1ccccc1. The van der Waals surface area contributed by atoms with Crippen LogP contribution in [0.3, 0.4) is 0 Å². The molecule has 1 aromatic heterocycles. The Balaban J connectivity index is 1.94. The second-order valence-corrected chi connectivity index (χ2v) is 10.4. The number of unbranched alkanes of at least 4 members (excludes halogenated alkanes) is 2. The quantitative estimate of drug-likeness (QED) is 0.218. The van der Waals surface area contributed by atoms with Crippen LogP contribution in [0, 0.1) is 0 Å². The third-order valence-corrected chi connectivity index (χ3v) is 7.25. The molecular weight excluding hydrogens is 488 g/mol. The number of benzene rings is 2. The predicted molar refractivity (Wildman–Crippen MR) is 153 cm³/mol. The molecule has 190 valence electrons. The summed E-state index contributed by atoms with van der Waals surface area (Å²) in [5.41, 5.74) is 2.59. The van der Waals surface area contributed by atoms with Crippen LogP contribution in [-0.4, -0.2) is 31.7 Å². The Kier molecular flexibility index (Phi) is 11.8. The van der Waals surface area contributed by atoms with Crippen LogP contribution >= 0.6 is 23.5 Å². The van der Waals surface area contributed by atoms with Crippen LogP contribution in [0.2, 0.25) is 0 Å². The van der Waals surface area contributed by atoms with Crippen molar-refractivity contribution in [3.63, 3.8) is 0 Å². The summed E-state index contributed by atoms with van der Waals surface area (Å²) in [5, 5.41) is 6.24. The van der Waals surface area contributed by atoms with Gasteiger partial charge in [-0.3, -0.25) is 9.59 Å². The van der Waals surface area contributed by atoms with Gasteiger partial charge in [-0.2, -0.15) is 0 Å². The molecule has 0 saturated carbocycles. The van der Waals surface area contributed by atoms with Crippen molar-refractivity contribution in [1.82, 2.24) is 9.97 Å². The van der Waals surface area contributed by atoms with E-state index in [1.165, 1.54) is 23.5 Å². The van der Waals surface area contributed by atoms with Crippen molar-refractivity contribution in [1.29, 1.82) is 0 Å². The molecular formula is C28H34N4O2S2. The van der Waals surface area contributed by atoms with Crippen molar-refractivity contribution >= 4 is 45.4 Å². The van der Waals surface area contributed by atoms with Gasteiger partial charge < -0.3 is 10.6 Å². The number of aromatic nitrogens is 2. The number of hydrogen-bond donors (Lipinski definition) is 2. The molecule has 0 aliphatic carbocycles. The first-order valence-electron chi connectivity index (χ1n) is 12.4. The fourth-order valence-electron chi connectivity index (χ4n) is 3.28. The molecule has 1 heterocycles. The Morgan fingerprint density at radius 2 is 1.06 bits per heavy atom. The molecule has 3 rings (SSSR count). The number of nitrogens with one attached hydrogen (secondary N) is 2. The molecule has 0 atom stereocenters. The normalized spacial score (nSPS) is 10.7.